The van der Waals surface area contributed by atoms with Crippen LogP contribution in [0.1, 0.15) is 25.7 Å². The van der Waals surface area contributed by atoms with Crippen LogP contribution in [0.5, 0.6) is 0 Å². The van der Waals surface area contributed by atoms with E-state index in [1.165, 1.54) is 12.8 Å². The molecule has 0 aromatic heterocycles. The normalized spacial score (nSPS) is 29.9. The Hall–Kier alpha value is -1.07. The number of anilines is 1. The van der Waals surface area contributed by atoms with Crippen molar-refractivity contribution >= 4 is 27.5 Å². The molecule has 2 unspecified atom stereocenters. The average molecular weight is 338 g/mol. The molecule has 2 aliphatic heterocycles. The van der Waals surface area contributed by atoms with Gasteiger partial charge in [0, 0.05) is 22.7 Å². The molecule has 2 heterocycles. The van der Waals surface area contributed by atoms with Crippen molar-refractivity contribution in [1.29, 1.82) is 0 Å². The second-order valence-electron chi connectivity index (χ2n) is 5.87. The van der Waals surface area contributed by atoms with Gasteiger partial charge in [-0.1, -0.05) is 22.0 Å². The largest absolute Gasteiger partial charge is 0.371 e. The van der Waals surface area contributed by atoms with Gasteiger partial charge in [0.2, 0.25) is 5.91 Å². The summed E-state index contributed by atoms with van der Waals surface area (Å²) in [5, 5.41) is 3.42. The molecule has 3 rings (SSSR count). The van der Waals surface area contributed by atoms with E-state index < -0.39 is 5.54 Å². The molecular formula is C15H20BrN3O. The third-order valence-electron chi connectivity index (χ3n) is 4.59. The van der Waals surface area contributed by atoms with Crippen molar-refractivity contribution < 1.29 is 4.79 Å². The summed E-state index contributed by atoms with van der Waals surface area (Å²) in [6.45, 7) is 2.12. The lowest BCUT2D eigenvalue weighted by Gasteiger charge is -2.43. The molecule has 3 N–H and O–H groups in total. The highest BCUT2D eigenvalue weighted by atomic mass is 79.9. The van der Waals surface area contributed by atoms with Gasteiger partial charge in [0.05, 0.1) is 0 Å². The Labute approximate surface area is 127 Å². The first-order valence-electron chi connectivity index (χ1n) is 7.17. The molecule has 2 fully saturated rings. The minimum Gasteiger partial charge on any atom is -0.371 e. The molecule has 20 heavy (non-hydrogen) atoms. The lowest BCUT2D eigenvalue weighted by molar-refractivity contribution is -0.124. The molecule has 2 saturated heterocycles. The number of rotatable bonds is 3. The zero-order chi connectivity index (χ0) is 14.2. The number of halogens is 1. The van der Waals surface area contributed by atoms with Crippen molar-refractivity contribution in [3.05, 3.63) is 28.7 Å². The fourth-order valence-corrected chi connectivity index (χ4v) is 3.90. The van der Waals surface area contributed by atoms with Crippen LogP contribution in [0.3, 0.4) is 0 Å². The number of carbonyl (C=O) groups excluding carboxylic acids is 1. The first kappa shape index (κ1) is 13.9. The molecule has 2 aliphatic rings. The third kappa shape index (κ3) is 2.56. The highest BCUT2D eigenvalue weighted by molar-refractivity contribution is 9.10. The lowest BCUT2D eigenvalue weighted by Crippen LogP contribution is -2.59. The molecule has 0 bridgehead atoms. The molecule has 0 aliphatic carbocycles. The van der Waals surface area contributed by atoms with Crippen molar-refractivity contribution in [2.75, 3.05) is 18.4 Å². The van der Waals surface area contributed by atoms with Gasteiger partial charge < -0.3 is 16.0 Å². The summed E-state index contributed by atoms with van der Waals surface area (Å²) >= 11 is 3.46. The van der Waals surface area contributed by atoms with Crippen molar-refractivity contribution in [3.63, 3.8) is 0 Å². The summed E-state index contributed by atoms with van der Waals surface area (Å²) in [7, 11) is 0. The van der Waals surface area contributed by atoms with Crippen LogP contribution in [0.25, 0.3) is 0 Å². The molecular weight excluding hydrogens is 318 g/mol. The fourth-order valence-electron chi connectivity index (χ4n) is 3.50. The predicted molar refractivity (Wildman–Crippen MR) is 83.5 cm³/mol. The Morgan fingerprint density at radius 2 is 2.30 bits per heavy atom. The minimum atomic E-state index is -0.605. The van der Waals surface area contributed by atoms with E-state index in [2.05, 4.69) is 26.1 Å². The number of nitrogens with one attached hydrogen (secondary N) is 1. The summed E-state index contributed by atoms with van der Waals surface area (Å²) in [5.41, 5.74) is 6.08. The van der Waals surface area contributed by atoms with Gasteiger partial charge in [0.25, 0.3) is 0 Å². The summed E-state index contributed by atoms with van der Waals surface area (Å²) in [6.07, 6.45) is 4.01. The maximum Gasteiger partial charge on any atom is 0.243 e. The van der Waals surface area contributed by atoms with Crippen molar-refractivity contribution in [2.24, 2.45) is 5.73 Å². The standard InChI is InChI=1S/C15H20BrN3O/c16-11-3-1-4-12(9-11)18-15(14(17)20)6-8-19-7-2-5-13(19)10-15/h1,3-4,9,13,18H,2,5-8,10H2,(H2,17,20). The number of fused-ring (bicyclic) bond motifs is 1. The summed E-state index contributed by atoms with van der Waals surface area (Å²) in [5.74, 6) is -0.232. The van der Waals surface area contributed by atoms with E-state index in [0.717, 1.165) is 36.1 Å². The number of hydrogen-bond donors (Lipinski definition) is 2. The summed E-state index contributed by atoms with van der Waals surface area (Å²) in [6, 6.07) is 8.41. The van der Waals surface area contributed by atoms with Gasteiger partial charge in [-0.25, -0.2) is 0 Å². The molecule has 0 spiro atoms. The molecule has 4 nitrogen and oxygen atoms in total. The van der Waals surface area contributed by atoms with Crippen molar-refractivity contribution in [3.8, 4) is 0 Å². The average Bonchev–Trinajstić information content (AvgIpc) is 2.85. The predicted octanol–water partition coefficient (Wildman–Crippen LogP) is 2.34. The SMILES string of the molecule is NC(=O)C1(Nc2cccc(Br)c2)CCN2CCCC2C1. The molecule has 1 aromatic rings. The van der Waals surface area contributed by atoms with Gasteiger partial charge in [-0.3, -0.25) is 4.79 Å². The number of nitrogens with two attached hydrogens (primary N) is 1. The number of amides is 1. The molecule has 0 radical (unpaired) electrons. The number of carbonyl (C=O) groups is 1. The second-order valence-corrected chi connectivity index (χ2v) is 6.78. The van der Waals surface area contributed by atoms with E-state index in [1.807, 2.05) is 24.3 Å². The molecule has 1 aromatic carbocycles. The zero-order valence-corrected chi connectivity index (χ0v) is 13.0. The Morgan fingerprint density at radius 3 is 3.05 bits per heavy atom. The second kappa shape index (κ2) is 5.37. The highest BCUT2D eigenvalue weighted by Gasteiger charge is 2.45. The first-order chi connectivity index (χ1) is 9.59. The van der Waals surface area contributed by atoms with Gasteiger partial charge >= 0.3 is 0 Å². The monoisotopic (exact) mass is 337 g/mol. The topological polar surface area (TPSA) is 58.4 Å². The number of hydrogen-bond acceptors (Lipinski definition) is 3. The van der Waals surface area contributed by atoms with Gasteiger partial charge in [0.15, 0.2) is 0 Å². The van der Waals surface area contributed by atoms with Gasteiger partial charge in [0.1, 0.15) is 5.54 Å². The first-order valence-corrected chi connectivity index (χ1v) is 7.96. The quantitative estimate of drug-likeness (QED) is 0.889. The van der Waals surface area contributed by atoms with Crippen LogP contribution in [0.2, 0.25) is 0 Å². The van der Waals surface area contributed by atoms with Gasteiger partial charge in [-0.15, -0.1) is 0 Å². The maximum atomic E-state index is 12.1. The Bertz CT molecular complexity index is 522. The fraction of sp³-hybridized carbons (Fsp3) is 0.533. The van der Waals surface area contributed by atoms with Crippen LogP contribution in [0.4, 0.5) is 5.69 Å². The molecule has 0 saturated carbocycles. The smallest absolute Gasteiger partial charge is 0.243 e. The molecule has 5 heteroatoms. The van der Waals surface area contributed by atoms with E-state index in [0.29, 0.717) is 6.04 Å². The van der Waals surface area contributed by atoms with Crippen LogP contribution >= 0.6 is 15.9 Å². The molecule has 2 atom stereocenters. The van der Waals surface area contributed by atoms with Crippen LogP contribution in [-0.4, -0.2) is 35.5 Å². The number of nitrogens with zero attached hydrogens (tertiary/aromatic N) is 1. The van der Waals surface area contributed by atoms with E-state index in [4.69, 9.17) is 5.73 Å². The van der Waals surface area contributed by atoms with E-state index in [9.17, 15) is 4.79 Å². The Morgan fingerprint density at radius 1 is 1.45 bits per heavy atom. The lowest BCUT2D eigenvalue weighted by atomic mass is 9.82. The number of benzene rings is 1. The minimum absolute atomic E-state index is 0.232. The van der Waals surface area contributed by atoms with Crippen LogP contribution < -0.4 is 11.1 Å². The van der Waals surface area contributed by atoms with Gasteiger partial charge in [-0.2, -0.15) is 0 Å². The maximum absolute atomic E-state index is 12.1. The number of primary amides is 1. The molecule has 1 amide bonds. The third-order valence-corrected chi connectivity index (χ3v) is 5.08. The molecule has 108 valence electrons. The van der Waals surface area contributed by atoms with Crippen LogP contribution in [-0.2, 0) is 4.79 Å². The number of piperidine rings is 1. The van der Waals surface area contributed by atoms with E-state index in [1.54, 1.807) is 0 Å². The van der Waals surface area contributed by atoms with E-state index in [-0.39, 0.29) is 5.91 Å². The Kier molecular flexibility index (Phi) is 3.73. The van der Waals surface area contributed by atoms with Crippen molar-refractivity contribution in [1.82, 2.24) is 4.90 Å². The summed E-state index contributed by atoms with van der Waals surface area (Å²) < 4.78 is 1.00. The highest BCUT2D eigenvalue weighted by Crippen LogP contribution is 2.35. The van der Waals surface area contributed by atoms with Crippen LogP contribution in [0, 0.1) is 0 Å². The zero-order valence-electron chi connectivity index (χ0n) is 11.4. The Balaban J connectivity index is 1.83. The van der Waals surface area contributed by atoms with Crippen LogP contribution in [0.15, 0.2) is 28.7 Å². The van der Waals surface area contributed by atoms with Gasteiger partial charge in [-0.05, 0) is 50.4 Å². The summed E-state index contributed by atoms with van der Waals surface area (Å²) in [4.78, 5) is 14.6. The van der Waals surface area contributed by atoms with E-state index >= 15 is 0 Å². The van der Waals surface area contributed by atoms with Crippen molar-refractivity contribution in [2.45, 2.75) is 37.3 Å².